The second-order valence-electron chi connectivity index (χ2n) is 5.40. The minimum atomic E-state index is -1.12. The van der Waals surface area contributed by atoms with Crippen LogP contribution in [0.5, 0.6) is 11.5 Å². The maximum absolute atomic E-state index is 12.7. The lowest BCUT2D eigenvalue weighted by Gasteiger charge is -2.27. The van der Waals surface area contributed by atoms with Crippen LogP contribution in [0.15, 0.2) is 18.2 Å². The summed E-state index contributed by atoms with van der Waals surface area (Å²) in [5, 5.41) is 11.8. The number of carboxylic acid groups (broad SMARTS) is 1. The van der Waals surface area contributed by atoms with Crippen molar-refractivity contribution >= 4 is 17.8 Å². The first-order valence-corrected chi connectivity index (χ1v) is 7.78. The zero-order chi connectivity index (χ0) is 19.0. The normalized spacial score (nSPS) is 11.4. The Morgan fingerprint density at radius 2 is 1.76 bits per heavy atom. The van der Waals surface area contributed by atoms with Crippen molar-refractivity contribution in [3.63, 3.8) is 0 Å². The van der Waals surface area contributed by atoms with E-state index in [0.29, 0.717) is 17.1 Å². The van der Waals surface area contributed by atoms with Crippen LogP contribution in [0.1, 0.15) is 19.4 Å². The minimum absolute atomic E-state index is 0.0785. The average molecular weight is 352 g/mol. The third kappa shape index (κ3) is 5.66. The highest BCUT2D eigenvalue weighted by molar-refractivity contribution is 5.85. The van der Waals surface area contributed by atoms with E-state index in [1.165, 1.54) is 33.0 Å². The van der Waals surface area contributed by atoms with Crippen molar-refractivity contribution in [3.8, 4) is 11.5 Å². The van der Waals surface area contributed by atoms with Gasteiger partial charge in [0.15, 0.2) is 0 Å². The third-order valence-corrected chi connectivity index (χ3v) is 3.73. The van der Waals surface area contributed by atoms with Gasteiger partial charge < -0.3 is 24.8 Å². The van der Waals surface area contributed by atoms with Crippen molar-refractivity contribution < 1.29 is 29.0 Å². The Morgan fingerprint density at radius 3 is 2.20 bits per heavy atom. The summed E-state index contributed by atoms with van der Waals surface area (Å²) in [5.74, 6) is -0.803. The first-order valence-electron chi connectivity index (χ1n) is 7.78. The first-order chi connectivity index (χ1) is 11.8. The molecule has 8 nitrogen and oxygen atoms in total. The van der Waals surface area contributed by atoms with Gasteiger partial charge in [0.05, 0.1) is 20.6 Å². The molecule has 1 aromatic rings. The number of nitrogens with zero attached hydrogens (tertiary/aromatic N) is 1. The number of benzene rings is 1. The van der Waals surface area contributed by atoms with Crippen LogP contribution in [0.3, 0.4) is 0 Å². The van der Waals surface area contributed by atoms with Gasteiger partial charge in [-0.25, -0.2) is 4.79 Å². The lowest BCUT2D eigenvalue weighted by Crippen LogP contribution is -2.47. The van der Waals surface area contributed by atoms with E-state index < -0.39 is 17.9 Å². The molecule has 0 radical (unpaired) electrons. The summed E-state index contributed by atoms with van der Waals surface area (Å²) in [4.78, 5) is 36.2. The summed E-state index contributed by atoms with van der Waals surface area (Å²) in [6, 6.07) is 4.11. The van der Waals surface area contributed by atoms with E-state index in [-0.39, 0.29) is 25.4 Å². The second-order valence-corrected chi connectivity index (χ2v) is 5.40. The van der Waals surface area contributed by atoms with E-state index in [1.807, 2.05) is 0 Å². The number of rotatable bonds is 9. The number of nitrogens with one attached hydrogen (secondary N) is 1. The summed E-state index contributed by atoms with van der Waals surface area (Å²) in [5.41, 5.74) is 0.541. The Balaban J connectivity index is 3.01. The molecule has 0 aromatic heterocycles. The number of carboxylic acids is 1. The van der Waals surface area contributed by atoms with Gasteiger partial charge in [0.2, 0.25) is 11.8 Å². The van der Waals surface area contributed by atoms with Crippen LogP contribution in [-0.4, -0.2) is 61.1 Å². The Labute approximate surface area is 146 Å². The third-order valence-electron chi connectivity index (χ3n) is 3.73. The average Bonchev–Trinajstić information content (AvgIpc) is 2.57. The molecule has 0 spiro atoms. The summed E-state index contributed by atoms with van der Waals surface area (Å²) in [6.07, 6.45) is -0.0785. The number of hydrogen-bond acceptors (Lipinski definition) is 5. The number of aliphatic carboxylic acids is 1. The fourth-order valence-electron chi connectivity index (χ4n) is 2.38. The summed E-state index contributed by atoms with van der Waals surface area (Å²) in [6.45, 7) is 3.03. The van der Waals surface area contributed by atoms with Crippen LogP contribution in [0, 0.1) is 0 Å². The minimum Gasteiger partial charge on any atom is -0.496 e. The summed E-state index contributed by atoms with van der Waals surface area (Å²) in [7, 11) is 2.97. The number of amides is 2. The van der Waals surface area contributed by atoms with Crippen LogP contribution in [0.25, 0.3) is 0 Å². The molecule has 2 amide bonds. The van der Waals surface area contributed by atoms with Gasteiger partial charge in [-0.1, -0.05) is 6.07 Å². The monoisotopic (exact) mass is 352 g/mol. The van der Waals surface area contributed by atoms with Gasteiger partial charge in [-0.2, -0.15) is 0 Å². The SMILES string of the molecule is COc1cccc(OC)c1CC(=O)N(CCNC(C)=O)C(C)C(=O)O. The number of carbonyl (C=O) groups excluding carboxylic acids is 2. The zero-order valence-electron chi connectivity index (χ0n) is 14.9. The van der Waals surface area contributed by atoms with Crippen LogP contribution in [-0.2, 0) is 20.8 Å². The van der Waals surface area contributed by atoms with Gasteiger partial charge in [0.25, 0.3) is 0 Å². The van der Waals surface area contributed by atoms with Crippen molar-refractivity contribution in [1.29, 1.82) is 0 Å². The predicted molar refractivity (Wildman–Crippen MR) is 90.7 cm³/mol. The maximum Gasteiger partial charge on any atom is 0.326 e. The molecule has 0 fully saturated rings. The van der Waals surface area contributed by atoms with Crippen molar-refractivity contribution in [2.75, 3.05) is 27.3 Å². The van der Waals surface area contributed by atoms with Crippen molar-refractivity contribution in [2.45, 2.75) is 26.3 Å². The highest BCUT2D eigenvalue weighted by Gasteiger charge is 2.27. The number of ether oxygens (including phenoxy) is 2. The molecule has 0 bridgehead atoms. The Morgan fingerprint density at radius 1 is 1.20 bits per heavy atom. The molecule has 0 aliphatic rings. The van der Waals surface area contributed by atoms with Gasteiger partial charge in [-0.15, -0.1) is 0 Å². The number of hydrogen-bond donors (Lipinski definition) is 2. The smallest absolute Gasteiger partial charge is 0.326 e. The van der Waals surface area contributed by atoms with Crippen molar-refractivity contribution in [3.05, 3.63) is 23.8 Å². The molecule has 1 unspecified atom stereocenters. The quantitative estimate of drug-likeness (QED) is 0.677. The molecule has 0 saturated carbocycles. The maximum atomic E-state index is 12.7. The summed E-state index contributed by atoms with van der Waals surface area (Å²) >= 11 is 0. The molecule has 8 heteroatoms. The molecule has 1 aromatic carbocycles. The molecule has 0 heterocycles. The Hall–Kier alpha value is -2.77. The van der Waals surface area contributed by atoms with Crippen molar-refractivity contribution in [2.24, 2.45) is 0 Å². The van der Waals surface area contributed by atoms with E-state index in [4.69, 9.17) is 9.47 Å². The fraction of sp³-hybridized carbons (Fsp3) is 0.471. The van der Waals surface area contributed by atoms with Crippen LogP contribution < -0.4 is 14.8 Å². The topological polar surface area (TPSA) is 105 Å². The predicted octanol–water partition coefficient (Wildman–Crippen LogP) is 0.684. The Kier molecular flexibility index (Phi) is 7.71. The Bertz CT molecular complexity index is 609. The largest absolute Gasteiger partial charge is 0.496 e. The fourth-order valence-corrected chi connectivity index (χ4v) is 2.38. The lowest BCUT2D eigenvalue weighted by atomic mass is 10.1. The molecular formula is C17H24N2O6. The van der Waals surface area contributed by atoms with Crippen LogP contribution in [0.2, 0.25) is 0 Å². The molecule has 0 aliphatic heterocycles. The lowest BCUT2D eigenvalue weighted by molar-refractivity contribution is -0.149. The van der Waals surface area contributed by atoms with Crippen LogP contribution in [0.4, 0.5) is 0 Å². The molecule has 1 rings (SSSR count). The van der Waals surface area contributed by atoms with E-state index in [1.54, 1.807) is 18.2 Å². The van der Waals surface area contributed by atoms with Crippen molar-refractivity contribution in [1.82, 2.24) is 10.2 Å². The molecule has 0 saturated heterocycles. The van der Waals surface area contributed by atoms with Gasteiger partial charge in [-0.3, -0.25) is 9.59 Å². The highest BCUT2D eigenvalue weighted by atomic mass is 16.5. The molecule has 25 heavy (non-hydrogen) atoms. The number of methoxy groups -OCH3 is 2. The highest BCUT2D eigenvalue weighted by Crippen LogP contribution is 2.29. The molecule has 1 atom stereocenters. The zero-order valence-corrected chi connectivity index (χ0v) is 14.9. The van der Waals surface area contributed by atoms with Crippen LogP contribution >= 0.6 is 0 Å². The second kappa shape index (κ2) is 9.51. The van der Waals surface area contributed by atoms with E-state index >= 15 is 0 Å². The molecule has 138 valence electrons. The molecule has 0 aliphatic carbocycles. The van der Waals surface area contributed by atoms with E-state index in [9.17, 15) is 19.5 Å². The summed E-state index contributed by atoms with van der Waals surface area (Å²) < 4.78 is 10.5. The van der Waals surface area contributed by atoms with Gasteiger partial charge in [-0.05, 0) is 19.1 Å². The van der Waals surface area contributed by atoms with Gasteiger partial charge in [0, 0.05) is 25.6 Å². The standard InChI is InChI=1S/C17H24N2O6/c1-11(17(22)23)19(9-8-18-12(2)20)16(21)10-13-14(24-3)6-5-7-15(13)25-4/h5-7,11H,8-10H2,1-4H3,(H,18,20)(H,22,23). The molecular weight excluding hydrogens is 328 g/mol. The van der Waals surface area contributed by atoms with Gasteiger partial charge in [0.1, 0.15) is 17.5 Å². The van der Waals surface area contributed by atoms with E-state index in [2.05, 4.69) is 5.32 Å². The molecule has 2 N–H and O–H groups in total. The van der Waals surface area contributed by atoms with E-state index in [0.717, 1.165) is 0 Å². The van der Waals surface area contributed by atoms with Gasteiger partial charge >= 0.3 is 5.97 Å². The number of carbonyl (C=O) groups is 3. The first kappa shape index (κ1) is 20.3.